The van der Waals surface area contributed by atoms with Gasteiger partial charge in [0.1, 0.15) is 41.3 Å². The summed E-state index contributed by atoms with van der Waals surface area (Å²) < 4.78 is 24.1. The highest BCUT2D eigenvalue weighted by molar-refractivity contribution is 5.88. The van der Waals surface area contributed by atoms with Crippen molar-refractivity contribution in [3.05, 3.63) is 66.6 Å². The molecule has 10 nitrogen and oxygen atoms in total. The van der Waals surface area contributed by atoms with Crippen LogP contribution in [0.1, 0.15) is 26.3 Å². The molecule has 2 aromatic heterocycles. The van der Waals surface area contributed by atoms with Crippen molar-refractivity contribution in [1.29, 1.82) is 0 Å². The molecule has 0 unspecified atom stereocenters. The number of fused-ring (bicyclic) bond motifs is 1. The lowest BCUT2D eigenvalue weighted by Crippen LogP contribution is -2.34. The van der Waals surface area contributed by atoms with E-state index in [9.17, 15) is 4.79 Å². The molecule has 1 amide bonds. The van der Waals surface area contributed by atoms with Gasteiger partial charge in [-0.3, -0.25) is 0 Å². The van der Waals surface area contributed by atoms with Crippen LogP contribution in [-0.4, -0.2) is 53.1 Å². The summed E-state index contributed by atoms with van der Waals surface area (Å²) in [6, 6.07) is 15.3. The minimum absolute atomic E-state index is 0.400. The maximum absolute atomic E-state index is 12.0. The number of carbonyl (C=O) groups is 1. The molecule has 0 radical (unpaired) electrons. The van der Waals surface area contributed by atoms with Gasteiger partial charge in [0.05, 0.1) is 12.1 Å². The van der Waals surface area contributed by atoms with E-state index in [-0.39, 0.29) is 0 Å². The predicted octanol–water partition coefficient (Wildman–Crippen LogP) is 5.83. The van der Waals surface area contributed by atoms with E-state index in [0.717, 1.165) is 33.8 Å². The van der Waals surface area contributed by atoms with Gasteiger partial charge in [0.25, 0.3) is 0 Å². The molecule has 0 saturated carbocycles. The SMILES string of the molecule is COCCOc1cccc(Oc2ccc(Nc3ncnc4ccn(CCNC(=O)OC(C)(C)C)c34)cc2C)c1. The van der Waals surface area contributed by atoms with E-state index in [1.165, 1.54) is 6.33 Å². The quantitative estimate of drug-likeness (QED) is 0.232. The molecular formula is C29H35N5O5. The zero-order valence-electron chi connectivity index (χ0n) is 23.0. The van der Waals surface area contributed by atoms with Crippen molar-refractivity contribution >= 4 is 28.6 Å². The number of aryl methyl sites for hydroxylation is 1. The highest BCUT2D eigenvalue weighted by Gasteiger charge is 2.16. The summed E-state index contributed by atoms with van der Waals surface area (Å²) in [5.74, 6) is 2.80. The largest absolute Gasteiger partial charge is 0.491 e. The minimum atomic E-state index is -0.545. The van der Waals surface area contributed by atoms with Crippen molar-refractivity contribution in [1.82, 2.24) is 19.9 Å². The summed E-state index contributed by atoms with van der Waals surface area (Å²) in [4.78, 5) is 20.9. The molecule has 0 aliphatic carbocycles. The molecule has 39 heavy (non-hydrogen) atoms. The van der Waals surface area contributed by atoms with Gasteiger partial charge in [-0.25, -0.2) is 14.8 Å². The van der Waals surface area contributed by atoms with Crippen molar-refractivity contribution in [3.8, 4) is 17.2 Å². The molecule has 4 aromatic rings. The maximum Gasteiger partial charge on any atom is 0.407 e. The zero-order chi connectivity index (χ0) is 27.8. The van der Waals surface area contributed by atoms with Gasteiger partial charge < -0.3 is 34.1 Å². The van der Waals surface area contributed by atoms with Crippen molar-refractivity contribution in [2.45, 2.75) is 39.8 Å². The highest BCUT2D eigenvalue weighted by atomic mass is 16.6. The van der Waals surface area contributed by atoms with Gasteiger partial charge in [0.2, 0.25) is 0 Å². The van der Waals surface area contributed by atoms with Gasteiger partial charge in [-0.1, -0.05) is 6.07 Å². The number of carbonyl (C=O) groups excluding carboxylic acids is 1. The average molecular weight is 534 g/mol. The smallest absolute Gasteiger partial charge is 0.407 e. The van der Waals surface area contributed by atoms with E-state index in [0.29, 0.717) is 37.9 Å². The van der Waals surface area contributed by atoms with Crippen LogP contribution in [0, 0.1) is 6.92 Å². The first-order valence-electron chi connectivity index (χ1n) is 12.8. The molecule has 0 saturated heterocycles. The number of hydrogen-bond donors (Lipinski definition) is 2. The number of ether oxygens (including phenoxy) is 4. The van der Waals surface area contributed by atoms with Gasteiger partial charge in [-0.15, -0.1) is 0 Å². The third-order valence-corrected chi connectivity index (χ3v) is 5.60. The molecule has 0 fully saturated rings. The van der Waals surface area contributed by atoms with E-state index >= 15 is 0 Å². The van der Waals surface area contributed by atoms with Gasteiger partial charge in [0, 0.05) is 38.1 Å². The highest BCUT2D eigenvalue weighted by Crippen LogP contribution is 2.31. The summed E-state index contributed by atoms with van der Waals surface area (Å²) in [6.45, 7) is 9.41. The second kappa shape index (κ2) is 12.5. The molecule has 2 heterocycles. The van der Waals surface area contributed by atoms with Gasteiger partial charge >= 0.3 is 6.09 Å². The Morgan fingerprint density at radius 1 is 1.03 bits per heavy atom. The molecule has 10 heteroatoms. The molecule has 206 valence electrons. The Morgan fingerprint density at radius 2 is 1.85 bits per heavy atom. The lowest BCUT2D eigenvalue weighted by Gasteiger charge is -2.19. The zero-order valence-corrected chi connectivity index (χ0v) is 23.0. The van der Waals surface area contributed by atoms with Gasteiger partial charge in [-0.05, 0) is 69.7 Å². The van der Waals surface area contributed by atoms with Crippen LogP contribution in [0.25, 0.3) is 11.0 Å². The van der Waals surface area contributed by atoms with E-state index < -0.39 is 11.7 Å². The second-order valence-electron chi connectivity index (χ2n) is 9.92. The fourth-order valence-electron chi connectivity index (χ4n) is 3.88. The molecule has 0 aliphatic heterocycles. The van der Waals surface area contributed by atoms with E-state index in [1.54, 1.807) is 7.11 Å². The third-order valence-electron chi connectivity index (χ3n) is 5.60. The number of amides is 1. The summed E-state index contributed by atoms with van der Waals surface area (Å²) >= 11 is 0. The second-order valence-corrected chi connectivity index (χ2v) is 9.92. The number of hydrogen-bond acceptors (Lipinski definition) is 8. The molecule has 2 aromatic carbocycles. The fraction of sp³-hybridized carbons (Fsp3) is 0.345. The Bertz CT molecular complexity index is 1410. The number of methoxy groups -OCH3 is 1. The minimum Gasteiger partial charge on any atom is -0.491 e. The van der Waals surface area contributed by atoms with Crippen molar-refractivity contribution in [2.24, 2.45) is 0 Å². The molecule has 4 rings (SSSR count). The monoisotopic (exact) mass is 533 g/mol. The van der Waals surface area contributed by atoms with Crippen LogP contribution in [0.15, 0.2) is 61.1 Å². The molecule has 0 atom stereocenters. The van der Waals surface area contributed by atoms with Crippen LogP contribution >= 0.6 is 0 Å². The number of alkyl carbamates (subject to hydrolysis) is 1. The number of benzene rings is 2. The maximum atomic E-state index is 12.0. The van der Waals surface area contributed by atoms with Crippen LogP contribution in [0.4, 0.5) is 16.3 Å². The number of nitrogens with one attached hydrogen (secondary N) is 2. The van der Waals surface area contributed by atoms with Crippen LogP contribution in [-0.2, 0) is 16.0 Å². The standard InChI is InChI=1S/C29H35N5O5/c1-20-17-21(9-10-25(20)38-23-8-6-7-22(18-23)37-16-15-36-5)33-27-26-24(31-19-32-27)11-13-34(26)14-12-30-28(35)39-29(2,3)4/h6-11,13,17-19H,12,14-16H2,1-5H3,(H,30,35)(H,31,32,33). The Morgan fingerprint density at radius 3 is 2.62 bits per heavy atom. The number of rotatable bonds is 11. The molecule has 2 N–H and O–H groups in total. The van der Waals surface area contributed by atoms with E-state index in [4.69, 9.17) is 18.9 Å². The summed E-state index contributed by atoms with van der Waals surface area (Å²) in [5.41, 5.74) is 2.90. The number of anilines is 2. The van der Waals surface area contributed by atoms with Crippen molar-refractivity contribution < 1.29 is 23.7 Å². The summed E-state index contributed by atoms with van der Waals surface area (Å²) in [7, 11) is 1.64. The van der Waals surface area contributed by atoms with Gasteiger partial charge in [0.15, 0.2) is 5.82 Å². The predicted molar refractivity (Wildman–Crippen MR) is 150 cm³/mol. The molecular weight excluding hydrogens is 498 g/mol. The van der Waals surface area contributed by atoms with Crippen molar-refractivity contribution in [3.63, 3.8) is 0 Å². The Kier molecular flexibility index (Phi) is 8.88. The van der Waals surface area contributed by atoms with Gasteiger partial charge in [-0.2, -0.15) is 0 Å². The normalized spacial score (nSPS) is 11.3. The molecule has 0 bridgehead atoms. The van der Waals surface area contributed by atoms with Crippen LogP contribution in [0.3, 0.4) is 0 Å². The summed E-state index contributed by atoms with van der Waals surface area (Å²) in [6.07, 6.45) is 3.01. The van der Waals surface area contributed by atoms with Crippen LogP contribution < -0.4 is 20.1 Å². The topological polar surface area (TPSA) is 109 Å². The van der Waals surface area contributed by atoms with Crippen LogP contribution in [0.2, 0.25) is 0 Å². The molecule has 0 spiro atoms. The van der Waals surface area contributed by atoms with E-state index in [2.05, 4.69) is 20.6 Å². The third kappa shape index (κ3) is 7.84. The first-order chi connectivity index (χ1) is 18.7. The van der Waals surface area contributed by atoms with Crippen molar-refractivity contribution in [2.75, 3.05) is 32.2 Å². The van der Waals surface area contributed by atoms with E-state index in [1.807, 2.05) is 87.0 Å². The average Bonchev–Trinajstić information content (AvgIpc) is 3.29. The Balaban J connectivity index is 1.43. The molecule has 0 aliphatic rings. The first-order valence-corrected chi connectivity index (χ1v) is 12.8. The number of nitrogens with zero attached hydrogens (tertiary/aromatic N) is 3. The number of aromatic nitrogens is 3. The Labute approximate surface area is 228 Å². The summed E-state index contributed by atoms with van der Waals surface area (Å²) in [5, 5.41) is 6.19. The lowest BCUT2D eigenvalue weighted by atomic mass is 10.2. The fourth-order valence-corrected chi connectivity index (χ4v) is 3.88. The Hall–Kier alpha value is -4.31. The first kappa shape index (κ1) is 27.7. The lowest BCUT2D eigenvalue weighted by molar-refractivity contribution is 0.0526. The van der Waals surface area contributed by atoms with Crippen LogP contribution in [0.5, 0.6) is 17.2 Å².